The highest BCUT2D eigenvalue weighted by Gasteiger charge is 2.59. The molecule has 2 heterocycles. The number of amides is 2. The number of anilines is 1. The van der Waals surface area contributed by atoms with Crippen LogP contribution in [0.2, 0.25) is 0 Å². The van der Waals surface area contributed by atoms with Crippen LogP contribution in [0.4, 0.5) is 5.69 Å². The maximum atomic E-state index is 12.9. The summed E-state index contributed by atoms with van der Waals surface area (Å²) in [5.74, 6) is -0.569. The molecule has 3 aliphatic rings. The molecule has 2 aliphatic carbocycles. The minimum Gasteiger partial charge on any atom is -0.421 e. The fourth-order valence-electron chi connectivity index (χ4n) is 5.22. The van der Waals surface area contributed by atoms with Gasteiger partial charge in [0.15, 0.2) is 5.75 Å². The first kappa shape index (κ1) is 18.0. The predicted octanol–water partition coefficient (Wildman–Crippen LogP) is 3.77. The third-order valence-electron chi connectivity index (χ3n) is 6.63. The van der Waals surface area contributed by atoms with E-state index in [4.69, 9.17) is 4.74 Å². The van der Waals surface area contributed by atoms with E-state index in [2.05, 4.69) is 17.1 Å². The number of hydrogen-bond donors (Lipinski definition) is 0. The Morgan fingerprint density at radius 2 is 1.58 bits per heavy atom. The zero-order valence-corrected chi connectivity index (χ0v) is 16.5. The van der Waals surface area contributed by atoms with Crippen LogP contribution >= 0.6 is 0 Å². The van der Waals surface area contributed by atoms with Gasteiger partial charge in [0.05, 0.1) is 23.1 Å². The van der Waals surface area contributed by atoms with E-state index in [1.54, 1.807) is 42.6 Å². The number of nitrogens with zero attached hydrogens (tertiary/aromatic N) is 2. The summed E-state index contributed by atoms with van der Waals surface area (Å²) >= 11 is 0. The molecule has 1 saturated carbocycles. The molecule has 2 fully saturated rings. The average Bonchev–Trinajstić information content (AvgIpc) is 3.48. The molecule has 1 saturated heterocycles. The number of imide groups is 1. The number of carbonyl (C=O) groups excluding carboxylic acids is 3. The van der Waals surface area contributed by atoms with Gasteiger partial charge in [-0.25, -0.2) is 4.79 Å². The average molecular weight is 410 g/mol. The van der Waals surface area contributed by atoms with Crippen molar-refractivity contribution in [3.63, 3.8) is 0 Å². The SMILES string of the molecule is O=C(Oc1cccc2cccnc12)c1ccc(N2C(=O)[C@@H]3[C@H](C2=O)[C@H]2C=C[C@H]3C2)cc1. The first-order chi connectivity index (χ1) is 15.1. The van der Waals surface area contributed by atoms with Gasteiger partial charge in [-0.3, -0.25) is 19.5 Å². The van der Waals surface area contributed by atoms with E-state index in [0.717, 1.165) is 11.8 Å². The number of ether oxygens (including phenoxy) is 1. The summed E-state index contributed by atoms with van der Waals surface area (Å²) in [5.41, 5.74) is 1.43. The fourth-order valence-corrected chi connectivity index (χ4v) is 5.22. The topological polar surface area (TPSA) is 76.6 Å². The zero-order valence-electron chi connectivity index (χ0n) is 16.5. The number of rotatable bonds is 3. The lowest BCUT2D eigenvalue weighted by Crippen LogP contribution is -2.32. The predicted molar refractivity (Wildman–Crippen MR) is 113 cm³/mol. The molecule has 4 atom stereocenters. The largest absolute Gasteiger partial charge is 0.421 e. The van der Waals surface area contributed by atoms with Crippen molar-refractivity contribution < 1.29 is 19.1 Å². The molecule has 152 valence electrons. The van der Waals surface area contributed by atoms with E-state index in [1.165, 1.54) is 4.90 Å². The van der Waals surface area contributed by atoms with Crippen LogP contribution in [0.25, 0.3) is 10.9 Å². The minimum absolute atomic E-state index is 0.135. The van der Waals surface area contributed by atoms with Crippen molar-refractivity contribution >= 4 is 34.4 Å². The van der Waals surface area contributed by atoms with Gasteiger partial charge in [-0.1, -0.05) is 30.4 Å². The van der Waals surface area contributed by atoms with Crippen LogP contribution in [-0.2, 0) is 9.59 Å². The summed E-state index contributed by atoms with van der Waals surface area (Å²) in [6.45, 7) is 0. The van der Waals surface area contributed by atoms with Crippen LogP contribution in [0.5, 0.6) is 5.75 Å². The molecule has 0 N–H and O–H groups in total. The lowest BCUT2D eigenvalue weighted by atomic mass is 9.85. The monoisotopic (exact) mass is 410 g/mol. The third-order valence-corrected chi connectivity index (χ3v) is 6.63. The van der Waals surface area contributed by atoms with E-state index in [0.29, 0.717) is 22.5 Å². The van der Waals surface area contributed by atoms with Gasteiger partial charge in [-0.2, -0.15) is 0 Å². The number of benzene rings is 2. The summed E-state index contributed by atoms with van der Waals surface area (Å²) in [4.78, 5) is 44.1. The van der Waals surface area contributed by atoms with Crippen molar-refractivity contribution in [1.82, 2.24) is 4.98 Å². The number of fused-ring (bicyclic) bond motifs is 6. The van der Waals surface area contributed by atoms with E-state index in [9.17, 15) is 14.4 Å². The number of aromatic nitrogens is 1. The van der Waals surface area contributed by atoms with Crippen molar-refractivity contribution in [3.05, 3.63) is 78.5 Å². The lowest BCUT2D eigenvalue weighted by Gasteiger charge is -2.17. The highest BCUT2D eigenvalue weighted by Crippen LogP contribution is 2.53. The summed E-state index contributed by atoms with van der Waals surface area (Å²) in [5, 5.41) is 0.878. The number of carbonyl (C=O) groups is 3. The number of hydrogen-bond acceptors (Lipinski definition) is 5. The summed E-state index contributed by atoms with van der Waals surface area (Å²) < 4.78 is 5.56. The zero-order chi connectivity index (χ0) is 21.1. The molecule has 1 aromatic heterocycles. The standard InChI is InChI=1S/C25H18N2O4/c28-23-20-16-6-7-17(13-16)21(20)24(29)27(23)18-10-8-15(9-11-18)25(30)31-19-5-1-3-14-4-2-12-26-22(14)19/h1-12,16-17,20-21H,13H2/t16-,17-,20-,21+/m0/s1. The number of allylic oxidation sites excluding steroid dienone is 2. The Balaban J connectivity index is 1.24. The Morgan fingerprint density at radius 1 is 0.903 bits per heavy atom. The van der Waals surface area contributed by atoms with Gasteiger partial charge in [0.1, 0.15) is 5.52 Å². The van der Waals surface area contributed by atoms with E-state index >= 15 is 0 Å². The Kier molecular flexibility index (Phi) is 3.84. The van der Waals surface area contributed by atoms with Crippen LogP contribution in [0.15, 0.2) is 72.9 Å². The molecule has 1 aliphatic heterocycles. The summed E-state index contributed by atoms with van der Waals surface area (Å²) in [6, 6.07) is 15.5. The molecule has 0 spiro atoms. The smallest absolute Gasteiger partial charge is 0.343 e. The van der Waals surface area contributed by atoms with Crippen LogP contribution in [-0.4, -0.2) is 22.8 Å². The maximum Gasteiger partial charge on any atom is 0.343 e. The van der Waals surface area contributed by atoms with Gasteiger partial charge in [-0.15, -0.1) is 0 Å². The van der Waals surface area contributed by atoms with Crippen molar-refractivity contribution in [2.75, 3.05) is 4.90 Å². The Labute approximate surface area is 178 Å². The molecule has 6 nitrogen and oxygen atoms in total. The molecule has 6 rings (SSSR count). The molecular formula is C25H18N2O4. The third kappa shape index (κ3) is 2.64. The van der Waals surface area contributed by atoms with Crippen molar-refractivity contribution in [2.45, 2.75) is 6.42 Å². The highest BCUT2D eigenvalue weighted by atomic mass is 16.5. The Hall–Kier alpha value is -3.80. The fraction of sp³-hybridized carbons (Fsp3) is 0.200. The first-order valence-electron chi connectivity index (χ1n) is 10.3. The van der Waals surface area contributed by atoms with Gasteiger partial charge < -0.3 is 4.74 Å². The number of pyridine rings is 1. The first-order valence-corrected chi connectivity index (χ1v) is 10.3. The Bertz CT molecular complexity index is 1240. The van der Waals surface area contributed by atoms with Crippen LogP contribution in [0.1, 0.15) is 16.8 Å². The highest BCUT2D eigenvalue weighted by molar-refractivity contribution is 6.22. The normalized spacial score (nSPS) is 26.0. The van der Waals surface area contributed by atoms with Gasteiger partial charge in [0.25, 0.3) is 0 Å². The van der Waals surface area contributed by atoms with E-state index in [1.807, 2.05) is 18.2 Å². The van der Waals surface area contributed by atoms with Gasteiger partial charge >= 0.3 is 5.97 Å². The minimum atomic E-state index is -0.525. The molecule has 2 aromatic carbocycles. The maximum absolute atomic E-state index is 12.9. The molecule has 6 heteroatoms. The molecular weight excluding hydrogens is 392 g/mol. The van der Waals surface area contributed by atoms with Crippen LogP contribution < -0.4 is 9.64 Å². The van der Waals surface area contributed by atoms with Gasteiger partial charge in [-0.05, 0) is 54.7 Å². The van der Waals surface area contributed by atoms with Gasteiger partial charge in [0.2, 0.25) is 11.8 Å². The number of para-hydroxylation sites is 1. The van der Waals surface area contributed by atoms with Crippen molar-refractivity contribution in [3.8, 4) is 5.75 Å². The molecule has 0 unspecified atom stereocenters. The lowest BCUT2D eigenvalue weighted by molar-refractivity contribution is -0.123. The molecule has 2 amide bonds. The molecule has 3 aromatic rings. The van der Waals surface area contributed by atoms with E-state index in [-0.39, 0.29) is 35.5 Å². The second-order valence-electron chi connectivity index (χ2n) is 8.28. The Morgan fingerprint density at radius 3 is 2.29 bits per heavy atom. The van der Waals surface area contributed by atoms with E-state index < -0.39 is 5.97 Å². The molecule has 2 bridgehead atoms. The second kappa shape index (κ2) is 6.60. The summed E-state index contributed by atoms with van der Waals surface area (Å²) in [6.07, 6.45) is 6.69. The van der Waals surface area contributed by atoms with Crippen molar-refractivity contribution in [1.29, 1.82) is 0 Å². The van der Waals surface area contributed by atoms with Gasteiger partial charge in [0, 0.05) is 11.6 Å². The molecule has 31 heavy (non-hydrogen) atoms. The quantitative estimate of drug-likeness (QED) is 0.284. The molecule has 0 radical (unpaired) electrons. The van der Waals surface area contributed by atoms with Crippen molar-refractivity contribution in [2.24, 2.45) is 23.7 Å². The second-order valence-corrected chi connectivity index (χ2v) is 8.28. The number of esters is 1. The summed E-state index contributed by atoms with van der Waals surface area (Å²) in [7, 11) is 0. The van der Waals surface area contributed by atoms with Crippen LogP contribution in [0.3, 0.4) is 0 Å². The van der Waals surface area contributed by atoms with Crippen LogP contribution in [0, 0.1) is 23.7 Å².